The van der Waals surface area contributed by atoms with Crippen LogP contribution in [0.3, 0.4) is 0 Å². The van der Waals surface area contributed by atoms with E-state index < -0.39 is 11.4 Å². The summed E-state index contributed by atoms with van der Waals surface area (Å²) < 4.78 is 10.4. The fraction of sp³-hybridized carbons (Fsp3) is 0.333. The fourth-order valence-electron chi connectivity index (χ4n) is 1.75. The molecule has 17 heavy (non-hydrogen) atoms. The molecule has 0 atom stereocenters. The van der Waals surface area contributed by atoms with Gasteiger partial charge in [-0.05, 0) is 6.07 Å². The van der Waals surface area contributed by atoms with Gasteiger partial charge in [0.25, 0.3) is 0 Å². The second kappa shape index (κ2) is 4.58. The van der Waals surface area contributed by atoms with Gasteiger partial charge < -0.3 is 9.47 Å². The number of benzene rings is 1. The van der Waals surface area contributed by atoms with E-state index in [1.807, 2.05) is 6.07 Å². The van der Waals surface area contributed by atoms with E-state index in [-0.39, 0.29) is 19.0 Å². The molecule has 1 heterocycles. The third kappa shape index (κ3) is 1.89. The lowest BCUT2D eigenvalue weighted by atomic mass is 9.78. The number of methoxy groups -OCH3 is 1. The van der Waals surface area contributed by atoms with Gasteiger partial charge in [-0.3, -0.25) is 9.59 Å². The Bertz CT molecular complexity index is 465. The molecule has 2 rings (SSSR count). The molecule has 90 valence electrons. The molecule has 0 N–H and O–H groups in total. The minimum absolute atomic E-state index is 0.0832. The van der Waals surface area contributed by atoms with Gasteiger partial charge in [-0.15, -0.1) is 0 Å². The fourth-order valence-corrected chi connectivity index (χ4v) is 2.21. The van der Waals surface area contributed by atoms with E-state index in [0.29, 0.717) is 10.0 Å². The van der Waals surface area contributed by atoms with E-state index >= 15 is 0 Å². The molecule has 0 unspecified atom stereocenters. The summed E-state index contributed by atoms with van der Waals surface area (Å²) in [5.74, 6) is -0.799. The largest absolute Gasteiger partial charge is 0.468 e. The van der Waals surface area contributed by atoms with Crippen molar-refractivity contribution in [1.29, 1.82) is 0 Å². The van der Waals surface area contributed by atoms with Crippen LogP contribution in [0.4, 0.5) is 0 Å². The van der Waals surface area contributed by atoms with E-state index in [2.05, 4.69) is 20.7 Å². The number of hydrogen-bond acceptors (Lipinski definition) is 4. The summed E-state index contributed by atoms with van der Waals surface area (Å²) >= 11 is 3.30. The molecular weight excluding hydrogens is 288 g/mol. The van der Waals surface area contributed by atoms with Crippen LogP contribution in [0.25, 0.3) is 0 Å². The molecule has 0 aromatic heterocycles. The first-order valence-corrected chi connectivity index (χ1v) is 5.86. The average Bonchev–Trinajstić information content (AvgIpc) is 2.27. The number of esters is 1. The highest BCUT2D eigenvalue weighted by molar-refractivity contribution is 9.10. The number of hydrogen-bond donors (Lipinski definition) is 0. The van der Waals surface area contributed by atoms with Gasteiger partial charge in [-0.25, -0.2) is 0 Å². The normalized spacial score (nSPS) is 17.1. The van der Waals surface area contributed by atoms with E-state index in [0.717, 1.165) is 0 Å². The van der Waals surface area contributed by atoms with Gasteiger partial charge in [0.05, 0.1) is 20.3 Å². The summed E-state index contributed by atoms with van der Waals surface area (Å²) in [6.07, 6.45) is 0. The number of halogens is 1. The van der Waals surface area contributed by atoms with Gasteiger partial charge in [-0.1, -0.05) is 34.1 Å². The van der Waals surface area contributed by atoms with Crippen molar-refractivity contribution in [2.45, 2.75) is 0 Å². The maximum atomic E-state index is 12.4. The lowest BCUT2D eigenvalue weighted by Crippen LogP contribution is -2.55. The maximum absolute atomic E-state index is 12.4. The predicted octanol–water partition coefficient (Wildman–Crippen LogP) is 1.82. The molecule has 0 radical (unpaired) electrons. The molecule has 1 aliphatic rings. The van der Waals surface area contributed by atoms with E-state index in [4.69, 9.17) is 4.74 Å². The lowest BCUT2D eigenvalue weighted by molar-refractivity contribution is -0.172. The Balaban J connectivity index is 2.37. The van der Waals surface area contributed by atoms with Crippen LogP contribution in [-0.4, -0.2) is 32.1 Å². The van der Waals surface area contributed by atoms with Crippen molar-refractivity contribution >= 4 is 27.7 Å². The van der Waals surface area contributed by atoms with E-state index in [9.17, 15) is 9.59 Å². The average molecular weight is 299 g/mol. The molecule has 0 saturated carbocycles. The Morgan fingerprint density at radius 3 is 2.47 bits per heavy atom. The second-order valence-electron chi connectivity index (χ2n) is 3.88. The Morgan fingerprint density at radius 1 is 1.35 bits per heavy atom. The van der Waals surface area contributed by atoms with Crippen LogP contribution in [0.15, 0.2) is 28.7 Å². The van der Waals surface area contributed by atoms with Gasteiger partial charge in [0.15, 0.2) is 11.2 Å². The molecule has 1 fully saturated rings. The van der Waals surface area contributed by atoms with Crippen molar-refractivity contribution in [3.05, 3.63) is 34.3 Å². The van der Waals surface area contributed by atoms with Crippen molar-refractivity contribution in [3.8, 4) is 0 Å². The van der Waals surface area contributed by atoms with Crippen molar-refractivity contribution in [3.63, 3.8) is 0 Å². The van der Waals surface area contributed by atoms with Crippen LogP contribution in [0.5, 0.6) is 0 Å². The van der Waals surface area contributed by atoms with E-state index in [1.165, 1.54) is 7.11 Å². The van der Waals surface area contributed by atoms with Gasteiger partial charge in [0.1, 0.15) is 0 Å². The van der Waals surface area contributed by atoms with Crippen LogP contribution < -0.4 is 0 Å². The van der Waals surface area contributed by atoms with Gasteiger partial charge in [0.2, 0.25) is 0 Å². The Morgan fingerprint density at radius 2 is 2.00 bits per heavy atom. The van der Waals surface area contributed by atoms with Crippen molar-refractivity contribution in [2.24, 2.45) is 5.41 Å². The number of Topliss-reactive ketones (excluding diaryl/α,β-unsaturated/α-hetero) is 1. The van der Waals surface area contributed by atoms with Crippen molar-refractivity contribution in [2.75, 3.05) is 20.3 Å². The van der Waals surface area contributed by atoms with Crippen molar-refractivity contribution < 1.29 is 19.1 Å². The summed E-state index contributed by atoms with van der Waals surface area (Å²) in [6, 6.07) is 7.00. The first-order valence-electron chi connectivity index (χ1n) is 5.07. The summed E-state index contributed by atoms with van der Waals surface area (Å²) in [4.78, 5) is 24.1. The number of carbonyl (C=O) groups excluding carboxylic acids is 2. The smallest absolute Gasteiger partial charge is 0.324 e. The quantitative estimate of drug-likeness (QED) is 0.485. The first-order chi connectivity index (χ1) is 8.12. The molecule has 1 aliphatic heterocycles. The highest BCUT2D eigenvalue weighted by Crippen LogP contribution is 2.35. The molecule has 4 nitrogen and oxygen atoms in total. The molecule has 0 bridgehead atoms. The summed E-state index contributed by atoms with van der Waals surface area (Å²) in [5.41, 5.74) is -0.695. The predicted molar refractivity (Wildman–Crippen MR) is 63.7 cm³/mol. The third-order valence-electron chi connectivity index (χ3n) is 2.83. The minimum Gasteiger partial charge on any atom is -0.468 e. The number of ketones is 1. The topological polar surface area (TPSA) is 52.6 Å². The molecule has 0 spiro atoms. The summed E-state index contributed by atoms with van der Waals surface area (Å²) in [7, 11) is 1.27. The van der Waals surface area contributed by atoms with Crippen LogP contribution in [0, 0.1) is 5.41 Å². The highest BCUT2D eigenvalue weighted by Gasteiger charge is 2.54. The molecule has 0 amide bonds. The number of ether oxygens (including phenoxy) is 2. The Hall–Kier alpha value is -1.20. The zero-order chi connectivity index (χ0) is 12.5. The van der Waals surface area contributed by atoms with Crippen LogP contribution >= 0.6 is 15.9 Å². The standard InChI is InChI=1S/C12H11BrO4/c1-16-11(15)12(6-17-7-12)10(14)8-4-2-3-5-9(8)13/h2-5H,6-7H2,1H3. The second-order valence-corrected chi connectivity index (χ2v) is 4.73. The summed E-state index contributed by atoms with van der Waals surface area (Å²) in [6.45, 7) is 0.166. The van der Waals surface area contributed by atoms with Crippen molar-refractivity contribution in [1.82, 2.24) is 0 Å². The highest BCUT2D eigenvalue weighted by atomic mass is 79.9. The van der Waals surface area contributed by atoms with E-state index in [1.54, 1.807) is 18.2 Å². The Labute approximate surface area is 107 Å². The molecular formula is C12H11BrO4. The zero-order valence-electron chi connectivity index (χ0n) is 9.23. The molecule has 0 aliphatic carbocycles. The molecule has 1 saturated heterocycles. The van der Waals surface area contributed by atoms with Crippen LogP contribution in [0.2, 0.25) is 0 Å². The molecule has 1 aromatic carbocycles. The monoisotopic (exact) mass is 298 g/mol. The lowest BCUT2D eigenvalue weighted by Gasteiger charge is -2.37. The minimum atomic E-state index is -1.17. The van der Waals surface area contributed by atoms with Crippen LogP contribution in [0.1, 0.15) is 10.4 Å². The Kier molecular flexibility index (Phi) is 3.31. The third-order valence-corrected chi connectivity index (χ3v) is 3.52. The zero-order valence-corrected chi connectivity index (χ0v) is 10.8. The first kappa shape index (κ1) is 12.3. The van der Waals surface area contributed by atoms with Crippen LogP contribution in [-0.2, 0) is 14.3 Å². The maximum Gasteiger partial charge on any atom is 0.324 e. The van der Waals surface area contributed by atoms with Gasteiger partial charge in [0, 0.05) is 10.0 Å². The summed E-state index contributed by atoms with van der Waals surface area (Å²) in [5, 5.41) is 0. The van der Waals surface area contributed by atoms with Gasteiger partial charge in [-0.2, -0.15) is 0 Å². The number of rotatable bonds is 3. The molecule has 5 heteroatoms. The number of carbonyl (C=O) groups is 2. The van der Waals surface area contributed by atoms with Gasteiger partial charge >= 0.3 is 5.97 Å². The SMILES string of the molecule is COC(=O)C1(C(=O)c2ccccc2Br)COC1. The molecule has 1 aromatic rings.